The molecule has 0 unspecified atom stereocenters. The summed E-state index contributed by atoms with van der Waals surface area (Å²) in [6.45, 7) is 0. The zero-order valence-electron chi connectivity index (χ0n) is 15.0. The summed E-state index contributed by atoms with van der Waals surface area (Å²) < 4.78 is 4.73. The summed E-state index contributed by atoms with van der Waals surface area (Å²) in [6, 6.07) is 12.4. The summed E-state index contributed by atoms with van der Waals surface area (Å²) in [5.41, 5.74) is 10.3. The Morgan fingerprint density at radius 1 is 1.11 bits per heavy atom. The molecule has 0 fully saturated rings. The first-order valence-corrected chi connectivity index (χ1v) is 8.61. The number of carbonyl (C=O) groups excluding carboxylic acids is 2. The number of amidine groups is 1. The number of nitrogen functional groups attached to an aromatic ring is 1. The van der Waals surface area contributed by atoms with Gasteiger partial charge < -0.3 is 15.8 Å². The molecule has 0 spiro atoms. The molecular formula is C21H21N3O3. The molecule has 0 bridgehead atoms. The maximum atomic E-state index is 12.6. The standard InChI is InChI=1S/C21H21N3O3/c1-27-19(25)11-13-2-3-14-4-5-16(12-17(14)10-13)21(26)24-18-8-6-15(7-9-18)20(22)23/h4-10,12H,2-3,11H2,1H3,(H3,22,23)(H,24,26). The van der Waals surface area contributed by atoms with Crippen molar-refractivity contribution in [1.29, 1.82) is 5.41 Å². The van der Waals surface area contributed by atoms with Crippen molar-refractivity contribution in [2.75, 3.05) is 12.4 Å². The lowest BCUT2D eigenvalue weighted by molar-refractivity contribution is -0.139. The van der Waals surface area contributed by atoms with Gasteiger partial charge in [-0.3, -0.25) is 15.0 Å². The molecule has 3 rings (SSSR count). The highest BCUT2D eigenvalue weighted by molar-refractivity contribution is 6.05. The van der Waals surface area contributed by atoms with E-state index in [2.05, 4.69) is 5.32 Å². The molecule has 1 aliphatic rings. The van der Waals surface area contributed by atoms with Crippen molar-refractivity contribution in [3.63, 3.8) is 0 Å². The van der Waals surface area contributed by atoms with E-state index in [0.29, 0.717) is 16.8 Å². The van der Waals surface area contributed by atoms with Crippen molar-refractivity contribution < 1.29 is 14.3 Å². The predicted molar refractivity (Wildman–Crippen MR) is 105 cm³/mol. The van der Waals surface area contributed by atoms with Gasteiger partial charge in [-0.2, -0.15) is 0 Å². The van der Waals surface area contributed by atoms with Gasteiger partial charge in [-0.05, 0) is 60.4 Å². The highest BCUT2D eigenvalue weighted by Crippen LogP contribution is 2.27. The second-order valence-corrected chi connectivity index (χ2v) is 6.41. The molecule has 0 aliphatic heterocycles. The molecule has 1 aliphatic carbocycles. The Balaban J connectivity index is 1.76. The van der Waals surface area contributed by atoms with Crippen molar-refractivity contribution in [3.8, 4) is 0 Å². The van der Waals surface area contributed by atoms with Gasteiger partial charge in [0.05, 0.1) is 13.5 Å². The largest absolute Gasteiger partial charge is 0.469 e. The summed E-state index contributed by atoms with van der Waals surface area (Å²) in [4.78, 5) is 24.0. The van der Waals surface area contributed by atoms with Crippen LogP contribution in [0.2, 0.25) is 0 Å². The van der Waals surface area contributed by atoms with Crippen molar-refractivity contribution in [1.82, 2.24) is 0 Å². The molecule has 0 atom stereocenters. The number of ether oxygens (including phenoxy) is 1. The van der Waals surface area contributed by atoms with E-state index in [4.69, 9.17) is 15.9 Å². The van der Waals surface area contributed by atoms with E-state index in [1.807, 2.05) is 18.2 Å². The Hall–Kier alpha value is -3.41. The van der Waals surface area contributed by atoms with Crippen LogP contribution >= 0.6 is 0 Å². The summed E-state index contributed by atoms with van der Waals surface area (Å²) in [6.07, 6.45) is 3.89. The van der Waals surface area contributed by atoms with Gasteiger partial charge in [-0.15, -0.1) is 0 Å². The number of hydrogen-bond donors (Lipinski definition) is 3. The van der Waals surface area contributed by atoms with E-state index in [1.54, 1.807) is 30.3 Å². The topological polar surface area (TPSA) is 105 Å². The summed E-state index contributed by atoms with van der Waals surface area (Å²) in [5.74, 6) is -0.494. The quantitative estimate of drug-likeness (QED) is 0.431. The second kappa shape index (κ2) is 7.86. The fourth-order valence-electron chi connectivity index (χ4n) is 3.02. The normalized spacial score (nSPS) is 12.6. The number of methoxy groups -OCH3 is 1. The van der Waals surface area contributed by atoms with Crippen LogP contribution in [0.3, 0.4) is 0 Å². The number of amides is 1. The van der Waals surface area contributed by atoms with Crippen LogP contribution < -0.4 is 11.1 Å². The summed E-state index contributed by atoms with van der Waals surface area (Å²) >= 11 is 0. The van der Waals surface area contributed by atoms with Crippen molar-refractivity contribution in [3.05, 3.63) is 70.3 Å². The minimum absolute atomic E-state index is 0.0166. The minimum Gasteiger partial charge on any atom is -0.469 e. The first-order chi connectivity index (χ1) is 13.0. The molecule has 2 aromatic rings. The van der Waals surface area contributed by atoms with Gasteiger partial charge in [0.25, 0.3) is 5.91 Å². The molecule has 6 heteroatoms. The van der Waals surface area contributed by atoms with Crippen LogP contribution in [-0.4, -0.2) is 24.8 Å². The average molecular weight is 363 g/mol. The fourth-order valence-corrected chi connectivity index (χ4v) is 3.02. The van der Waals surface area contributed by atoms with Crippen LogP contribution in [0.5, 0.6) is 0 Å². The first-order valence-electron chi connectivity index (χ1n) is 8.61. The van der Waals surface area contributed by atoms with Crippen molar-refractivity contribution in [2.45, 2.75) is 19.3 Å². The Labute approximate surface area is 157 Å². The Bertz CT molecular complexity index is 930. The Morgan fingerprint density at radius 2 is 1.81 bits per heavy atom. The van der Waals surface area contributed by atoms with Crippen molar-refractivity contribution in [2.24, 2.45) is 5.73 Å². The van der Waals surface area contributed by atoms with Gasteiger partial charge in [0.1, 0.15) is 5.84 Å². The van der Waals surface area contributed by atoms with Crippen LogP contribution in [0.25, 0.3) is 6.08 Å². The van der Waals surface area contributed by atoms with Crippen LogP contribution in [0.4, 0.5) is 5.69 Å². The van der Waals surface area contributed by atoms with Gasteiger partial charge in [0.15, 0.2) is 0 Å². The number of carbonyl (C=O) groups is 2. The summed E-state index contributed by atoms with van der Waals surface area (Å²) in [7, 11) is 1.38. The number of esters is 1. The number of nitrogens with one attached hydrogen (secondary N) is 2. The average Bonchev–Trinajstić information content (AvgIpc) is 2.67. The van der Waals surface area contributed by atoms with E-state index in [9.17, 15) is 9.59 Å². The van der Waals surface area contributed by atoms with Crippen LogP contribution in [0.1, 0.15) is 39.9 Å². The lowest BCUT2D eigenvalue weighted by Gasteiger charge is -2.17. The van der Waals surface area contributed by atoms with E-state index in [-0.39, 0.29) is 24.1 Å². The molecule has 2 aromatic carbocycles. The van der Waals surface area contributed by atoms with E-state index in [0.717, 1.165) is 29.5 Å². The van der Waals surface area contributed by atoms with E-state index in [1.165, 1.54) is 7.11 Å². The SMILES string of the molecule is COC(=O)CC1=Cc2cc(C(=O)Nc3ccc(C(=N)N)cc3)ccc2CC1. The minimum atomic E-state index is -0.257. The smallest absolute Gasteiger partial charge is 0.309 e. The van der Waals surface area contributed by atoms with Gasteiger partial charge in [0.2, 0.25) is 0 Å². The molecule has 138 valence electrons. The summed E-state index contributed by atoms with van der Waals surface area (Å²) in [5, 5.41) is 10.2. The number of fused-ring (bicyclic) bond motifs is 1. The molecule has 0 aromatic heterocycles. The third kappa shape index (κ3) is 4.41. The third-order valence-corrected chi connectivity index (χ3v) is 4.54. The molecule has 27 heavy (non-hydrogen) atoms. The monoisotopic (exact) mass is 363 g/mol. The number of benzene rings is 2. The van der Waals surface area contributed by atoms with Crippen LogP contribution in [0.15, 0.2) is 48.0 Å². The first kappa shape index (κ1) is 18.4. The van der Waals surface area contributed by atoms with Gasteiger partial charge >= 0.3 is 5.97 Å². The zero-order chi connectivity index (χ0) is 19.4. The lowest BCUT2D eigenvalue weighted by atomic mass is 9.89. The van der Waals surface area contributed by atoms with Crippen molar-refractivity contribution >= 4 is 29.5 Å². The van der Waals surface area contributed by atoms with Crippen LogP contribution in [-0.2, 0) is 16.0 Å². The number of anilines is 1. The number of hydrogen-bond acceptors (Lipinski definition) is 4. The maximum absolute atomic E-state index is 12.6. The molecule has 6 nitrogen and oxygen atoms in total. The number of rotatable bonds is 5. The van der Waals surface area contributed by atoms with E-state index >= 15 is 0 Å². The van der Waals surface area contributed by atoms with E-state index < -0.39 is 0 Å². The number of nitrogens with two attached hydrogens (primary N) is 1. The van der Waals surface area contributed by atoms with Gasteiger partial charge in [0, 0.05) is 16.8 Å². The van der Waals surface area contributed by atoms with Crippen LogP contribution in [0, 0.1) is 5.41 Å². The number of aryl methyl sites for hydroxylation is 1. The third-order valence-electron chi connectivity index (χ3n) is 4.54. The predicted octanol–water partition coefficient (Wildman–Crippen LogP) is 3.12. The Kier molecular flexibility index (Phi) is 5.35. The molecule has 0 heterocycles. The van der Waals surface area contributed by atoms with Gasteiger partial charge in [-0.25, -0.2) is 0 Å². The Morgan fingerprint density at radius 3 is 2.48 bits per heavy atom. The highest BCUT2D eigenvalue weighted by Gasteiger charge is 2.16. The maximum Gasteiger partial charge on any atom is 0.309 e. The molecular weight excluding hydrogens is 342 g/mol. The zero-order valence-corrected chi connectivity index (χ0v) is 15.0. The highest BCUT2D eigenvalue weighted by atomic mass is 16.5. The molecule has 0 radical (unpaired) electrons. The van der Waals surface area contributed by atoms with Gasteiger partial charge in [-0.1, -0.05) is 17.7 Å². The molecule has 0 saturated heterocycles. The molecule has 4 N–H and O–H groups in total. The fraction of sp³-hybridized carbons (Fsp3) is 0.190. The second-order valence-electron chi connectivity index (χ2n) is 6.41. The molecule has 1 amide bonds. The molecule has 0 saturated carbocycles. The lowest BCUT2D eigenvalue weighted by Crippen LogP contribution is -2.14.